The number of aromatic nitrogens is 2. The van der Waals surface area contributed by atoms with Crippen molar-refractivity contribution in [3.8, 4) is 11.4 Å². The minimum atomic E-state index is 0. The van der Waals surface area contributed by atoms with Crippen LogP contribution in [-0.4, -0.2) is 0 Å². The summed E-state index contributed by atoms with van der Waals surface area (Å²) in [7, 11) is 0. The molecular formula is C22H34Br2N2. The molecule has 0 unspecified atom stereocenters. The van der Waals surface area contributed by atoms with E-state index in [1.165, 1.54) is 75.6 Å². The lowest BCUT2D eigenvalue weighted by Crippen LogP contribution is -3.00. The molecule has 0 atom stereocenters. The standard InChI is InChI=1S/C22H33N2.2BrH/c1-2-3-4-5-6-7-8-9-10-14-19-24-20-15-12-17-22(24)21-16-11-13-18-23-21;;/h11-13,15-18,20H,2-10,14,19H2,1H3;2*1H/q+1;;/p-1. The molecule has 2 heterocycles. The van der Waals surface area contributed by atoms with Crippen LogP contribution in [0.1, 0.15) is 71.1 Å². The van der Waals surface area contributed by atoms with Gasteiger partial charge in [-0.15, -0.1) is 0 Å². The van der Waals surface area contributed by atoms with Gasteiger partial charge in [0.1, 0.15) is 6.54 Å². The predicted molar refractivity (Wildman–Crippen MR) is 100 cm³/mol. The van der Waals surface area contributed by atoms with Gasteiger partial charge in [0, 0.05) is 30.7 Å². The first-order valence-corrected chi connectivity index (χ1v) is 9.87. The highest BCUT2D eigenvalue weighted by Crippen LogP contribution is 2.11. The summed E-state index contributed by atoms with van der Waals surface area (Å²) < 4.78 is 2.37. The number of hydrogen-bond donors (Lipinski definition) is 0. The van der Waals surface area contributed by atoms with Crippen LogP contribution in [0.5, 0.6) is 0 Å². The first-order valence-electron chi connectivity index (χ1n) is 9.87. The molecule has 2 aromatic heterocycles. The summed E-state index contributed by atoms with van der Waals surface area (Å²) >= 11 is 0. The molecule has 2 aromatic rings. The molecule has 0 aromatic carbocycles. The maximum atomic E-state index is 3.34. The zero-order valence-electron chi connectivity index (χ0n) is 16.1. The Morgan fingerprint density at radius 2 is 1.35 bits per heavy atom. The Morgan fingerprint density at radius 3 is 1.96 bits per heavy atom. The quantitative estimate of drug-likeness (QED) is 0.282. The minimum Gasteiger partial charge on any atom is -1.00 e. The number of halogens is 2. The van der Waals surface area contributed by atoms with Crippen LogP contribution in [0, 0.1) is 0 Å². The largest absolute Gasteiger partial charge is 1.00 e. The number of H-pyrrole nitrogens is 1. The molecule has 0 spiro atoms. The van der Waals surface area contributed by atoms with Crippen molar-refractivity contribution in [3.05, 3.63) is 48.8 Å². The Morgan fingerprint density at radius 1 is 0.731 bits per heavy atom. The molecule has 0 fully saturated rings. The highest BCUT2D eigenvalue weighted by molar-refractivity contribution is 5.45. The Labute approximate surface area is 181 Å². The van der Waals surface area contributed by atoms with Crippen molar-refractivity contribution < 1.29 is 43.5 Å². The first-order chi connectivity index (χ1) is 11.9. The van der Waals surface area contributed by atoms with E-state index in [9.17, 15) is 0 Å². The minimum absolute atomic E-state index is 0. The third kappa shape index (κ3) is 9.82. The lowest BCUT2D eigenvalue weighted by molar-refractivity contribution is -0.689. The van der Waals surface area contributed by atoms with E-state index in [1.54, 1.807) is 0 Å². The monoisotopic (exact) mass is 484 g/mol. The molecule has 1 N–H and O–H groups in total. The topological polar surface area (TPSA) is 18.0 Å². The highest BCUT2D eigenvalue weighted by atomic mass is 79.9. The molecule has 2 rings (SSSR count). The van der Waals surface area contributed by atoms with Crippen LogP contribution < -0.4 is 43.5 Å². The zero-order chi connectivity index (χ0) is 16.9. The lowest BCUT2D eigenvalue weighted by atomic mass is 10.1. The van der Waals surface area contributed by atoms with Crippen LogP contribution in [-0.2, 0) is 6.54 Å². The second kappa shape index (κ2) is 16.4. The smallest absolute Gasteiger partial charge is 0.277 e. The van der Waals surface area contributed by atoms with Gasteiger partial charge in [0.05, 0.1) is 0 Å². The van der Waals surface area contributed by atoms with Crippen molar-refractivity contribution in [1.82, 2.24) is 0 Å². The summed E-state index contributed by atoms with van der Waals surface area (Å²) in [6.07, 6.45) is 18.1. The molecule has 0 bridgehead atoms. The van der Waals surface area contributed by atoms with Crippen LogP contribution in [0.15, 0.2) is 48.8 Å². The summed E-state index contributed by atoms with van der Waals surface area (Å²) in [6.45, 7) is 3.39. The first kappa shape index (κ1) is 25.3. The summed E-state index contributed by atoms with van der Waals surface area (Å²) in [6, 6.07) is 12.7. The van der Waals surface area contributed by atoms with Gasteiger partial charge >= 0.3 is 0 Å². The van der Waals surface area contributed by atoms with Crippen LogP contribution >= 0.6 is 0 Å². The average molecular weight is 486 g/mol. The van der Waals surface area contributed by atoms with E-state index >= 15 is 0 Å². The molecule has 0 aliphatic carbocycles. The molecule has 0 aliphatic heterocycles. The van der Waals surface area contributed by atoms with Gasteiger partial charge in [0.15, 0.2) is 12.4 Å². The van der Waals surface area contributed by atoms with Gasteiger partial charge in [-0.3, -0.25) is 0 Å². The number of nitrogens with one attached hydrogen (secondary N) is 1. The van der Waals surface area contributed by atoms with Crippen molar-refractivity contribution in [1.29, 1.82) is 0 Å². The molecule has 0 aliphatic rings. The fourth-order valence-electron chi connectivity index (χ4n) is 3.24. The number of aryl methyl sites for hydroxylation is 1. The number of unbranched alkanes of at least 4 members (excludes halogenated alkanes) is 9. The third-order valence-electron chi connectivity index (χ3n) is 4.68. The summed E-state index contributed by atoms with van der Waals surface area (Å²) in [5.74, 6) is 0. The van der Waals surface area contributed by atoms with E-state index in [4.69, 9.17) is 0 Å². The van der Waals surface area contributed by atoms with Crippen molar-refractivity contribution in [2.75, 3.05) is 0 Å². The van der Waals surface area contributed by atoms with E-state index < -0.39 is 0 Å². The fourth-order valence-corrected chi connectivity index (χ4v) is 3.24. The number of aromatic amines is 1. The van der Waals surface area contributed by atoms with Gasteiger partial charge in [-0.25, -0.2) is 4.98 Å². The number of pyridine rings is 2. The van der Waals surface area contributed by atoms with E-state index in [0.717, 1.165) is 6.54 Å². The van der Waals surface area contributed by atoms with E-state index in [2.05, 4.69) is 53.0 Å². The van der Waals surface area contributed by atoms with Gasteiger partial charge in [0.25, 0.3) is 11.4 Å². The van der Waals surface area contributed by atoms with Crippen molar-refractivity contribution >= 4 is 0 Å². The normalized spacial score (nSPS) is 10.0. The van der Waals surface area contributed by atoms with Gasteiger partial charge < -0.3 is 34.0 Å². The predicted octanol–water partition coefficient (Wildman–Crippen LogP) is -0.616. The van der Waals surface area contributed by atoms with E-state index in [1.807, 2.05) is 12.3 Å². The van der Waals surface area contributed by atoms with Crippen molar-refractivity contribution in [3.63, 3.8) is 0 Å². The van der Waals surface area contributed by atoms with Crippen LogP contribution in [0.3, 0.4) is 0 Å². The van der Waals surface area contributed by atoms with Gasteiger partial charge in [-0.2, -0.15) is 4.57 Å². The third-order valence-corrected chi connectivity index (χ3v) is 4.68. The van der Waals surface area contributed by atoms with Crippen LogP contribution in [0.2, 0.25) is 0 Å². The highest BCUT2D eigenvalue weighted by Gasteiger charge is 2.16. The maximum Gasteiger partial charge on any atom is 0.277 e. The Kier molecular flexibility index (Phi) is 16.0. The van der Waals surface area contributed by atoms with Gasteiger partial charge in [0.2, 0.25) is 0 Å². The molecule has 146 valence electrons. The van der Waals surface area contributed by atoms with Crippen molar-refractivity contribution in [2.24, 2.45) is 0 Å². The Balaban J connectivity index is 0.00000312. The fraction of sp³-hybridized carbons (Fsp3) is 0.545. The maximum absolute atomic E-state index is 3.34. The van der Waals surface area contributed by atoms with Gasteiger partial charge in [-0.1, -0.05) is 58.3 Å². The molecule has 26 heavy (non-hydrogen) atoms. The molecular weight excluding hydrogens is 452 g/mol. The molecule has 0 amide bonds. The summed E-state index contributed by atoms with van der Waals surface area (Å²) in [5, 5.41) is 0. The Bertz CT molecular complexity index is 561. The van der Waals surface area contributed by atoms with Crippen molar-refractivity contribution in [2.45, 2.75) is 77.7 Å². The molecule has 4 heteroatoms. The van der Waals surface area contributed by atoms with Crippen LogP contribution in [0.25, 0.3) is 11.4 Å². The van der Waals surface area contributed by atoms with E-state index in [0.29, 0.717) is 0 Å². The lowest BCUT2D eigenvalue weighted by Gasteiger charge is -2.03. The second-order valence-electron chi connectivity index (χ2n) is 6.74. The Hall–Kier alpha value is -0.740. The summed E-state index contributed by atoms with van der Waals surface area (Å²) in [5.41, 5.74) is 2.46. The number of hydrogen-bond acceptors (Lipinski definition) is 0. The second-order valence-corrected chi connectivity index (χ2v) is 6.74. The number of rotatable bonds is 12. The molecule has 0 saturated carbocycles. The summed E-state index contributed by atoms with van der Waals surface area (Å²) in [4.78, 5) is 3.34. The zero-order valence-corrected chi connectivity index (χ0v) is 19.3. The molecule has 0 saturated heterocycles. The van der Waals surface area contributed by atoms with E-state index in [-0.39, 0.29) is 34.0 Å². The molecule has 0 radical (unpaired) electrons. The molecule has 2 nitrogen and oxygen atoms in total. The van der Waals surface area contributed by atoms with Crippen LogP contribution in [0.4, 0.5) is 0 Å². The SMILES string of the molecule is CCCCCCCCCCCC[n+]1ccccc1-c1cccc[nH+]1.[Br-].[Br-]. The number of nitrogens with zero attached hydrogens (tertiary/aromatic N) is 1. The van der Waals surface area contributed by atoms with Gasteiger partial charge in [-0.05, 0) is 18.6 Å². The average Bonchev–Trinajstić information content (AvgIpc) is 2.64.